The van der Waals surface area contributed by atoms with Gasteiger partial charge in [-0.3, -0.25) is 0 Å². The van der Waals surface area contributed by atoms with Crippen molar-refractivity contribution in [1.82, 2.24) is 10.6 Å². The van der Waals surface area contributed by atoms with Crippen LogP contribution < -0.4 is 10.6 Å². The summed E-state index contributed by atoms with van der Waals surface area (Å²) in [7, 11) is 0. The molecule has 0 amide bonds. The second kappa shape index (κ2) is 6.44. The molecular formula is C23H26N2. The zero-order valence-corrected chi connectivity index (χ0v) is 15.0. The summed E-state index contributed by atoms with van der Waals surface area (Å²) in [4.78, 5) is 0. The third-order valence-electron chi connectivity index (χ3n) is 5.56. The van der Waals surface area contributed by atoms with Crippen molar-refractivity contribution >= 4 is 0 Å². The van der Waals surface area contributed by atoms with Gasteiger partial charge in [0.15, 0.2) is 0 Å². The maximum Gasteiger partial charge on any atom is 0.0434 e. The van der Waals surface area contributed by atoms with Crippen molar-refractivity contribution in [3.05, 3.63) is 95.3 Å². The molecule has 4 rings (SSSR count). The molecule has 2 aliphatic rings. The minimum atomic E-state index is -0.0208. The van der Waals surface area contributed by atoms with Gasteiger partial charge in [0.25, 0.3) is 0 Å². The quantitative estimate of drug-likeness (QED) is 0.859. The summed E-state index contributed by atoms with van der Waals surface area (Å²) >= 11 is 0. The Morgan fingerprint density at radius 3 is 1.48 bits per heavy atom. The van der Waals surface area contributed by atoms with Gasteiger partial charge < -0.3 is 10.6 Å². The van der Waals surface area contributed by atoms with Crippen molar-refractivity contribution in [2.24, 2.45) is 5.41 Å². The highest BCUT2D eigenvalue weighted by Crippen LogP contribution is 2.40. The minimum absolute atomic E-state index is 0.0208. The highest BCUT2D eigenvalue weighted by Gasteiger charge is 2.35. The van der Waals surface area contributed by atoms with E-state index in [0.29, 0.717) is 11.8 Å². The molecule has 2 nitrogen and oxygen atoms in total. The van der Waals surface area contributed by atoms with Crippen molar-refractivity contribution in [3.63, 3.8) is 0 Å². The Bertz CT molecular complexity index is 720. The van der Waals surface area contributed by atoms with Crippen LogP contribution >= 0.6 is 0 Å². The number of nitrogens with one attached hydrogen (secondary N) is 2. The van der Waals surface area contributed by atoms with E-state index in [1.165, 1.54) is 22.5 Å². The van der Waals surface area contributed by atoms with E-state index in [-0.39, 0.29) is 5.41 Å². The van der Waals surface area contributed by atoms with E-state index >= 15 is 0 Å². The van der Waals surface area contributed by atoms with Crippen LogP contribution in [0.15, 0.2) is 84.2 Å². The molecule has 0 spiro atoms. The molecule has 2 aromatic rings. The van der Waals surface area contributed by atoms with Gasteiger partial charge in [-0.25, -0.2) is 0 Å². The molecule has 2 aromatic carbocycles. The predicted molar refractivity (Wildman–Crippen MR) is 104 cm³/mol. The summed E-state index contributed by atoms with van der Waals surface area (Å²) < 4.78 is 0. The Hall–Kier alpha value is -2.48. The van der Waals surface area contributed by atoms with Gasteiger partial charge in [0, 0.05) is 41.7 Å². The van der Waals surface area contributed by atoms with Gasteiger partial charge in [0.2, 0.25) is 0 Å². The summed E-state index contributed by atoms with van der Waals surface area (Å²) in [6.45, 7) is 6.59. The van der Waals surface area contributed by atoms with Crippen molar-refractivity contribution in [2.75, 3.05) is 13.1 Å². The first-order valence-electron chi connectivity index (χ1n) is 9.17. The Morgan fingerprint density at radius 1 is 0.680 bits per heavy atom. The molecule has 2 aliphatic heterocycles. The fourth-order valence-corrected chi connectivity index (χ4v) is 3.91. The van der Waals surface area contributed by atoms with Gasteiger partial charge in [-0.2, -0.15) is 0 Å². The third kappa shape index (κ3) is 3.09. The number of hydrogen-bond donors (Lipinski definition) is 2. The van der Waals surface area contributed by atoms with Crippen LogP contribution in [0.2, 0.25) is 0 Å². The first kappa shape index (κ1) is 16.0. The molecule has 2 heteroatoms. The molecule has 0 saturated heterocycles. The van der Waals surface area contributed by atoms with Crippen molar-refractivity contribution in [3.8, 4) is 0 Å². The lowest BCUT2D eigenvalue weighted by molar-refractivity contribution is 0.477. The van der Waals surface area contributed by atoms with Crippen LogP contribution in [-0.2, 0) is 0 Å². The predicted octanol–water partition coefficient (Wildman–Crippen LogP) is 4.55. The molecule has 0 saturated carbocycles. The Morgan fingerprint density at radius 2 is 1.08 bits per heavy atom. The molecule has 2 atom stereocenters. The van der Waals surface area contributed by atoms with E-state index in [2.05, 4.69) is 97.3 Å². The molecule has 0 unspecified atom stereocenters. The van der Waals surface area contributed by atoms with Crippen LogP contribution in [-0.4, -0.2) is 13.1 Å². The molecule has 2 heterocycles. The fraction of sp³-hybridized carbons (Fsp3) is 0.304. The van der Waals surface area contributed by atoms with Gasteiger partial charge in [-0.05, 0) is 25.0 Å². The van der Waals surface area contributed by atoms with Crippen LogP contribution in [0.25, 0.3) is 0 Å². The fourth-order valence-electron chi connectivity index (χ4n) is 3.91. The first-order chi connectivity index (χ1) is 12.1. The van der Waals surface area contributed by atoms with Crippen molar-refractivity contribution in [2.45, 2.75) is 25.7 Å². The molecule has 2 N–H and O–H groups in total. The lowest BCUT2D eigenvalue weighted by Crippen LogP contribution is -2.30. The first-order valence-corrected chi connectivity index (χ1v) is 9.17. The lowest BCUT2D eigenvalue weighted by Gasteiger charge is -2.28. The van der Waals surface area contributed by atoms with Gasteiger partial charge in [0.05, 0.1) is 0 Å². The summed E-state index contributed by atoms with van der Waals surface area (Å²) in [6.07, 6.45) is 4.82. The highest BCUT2D eigenvalue weighted by molar-refractivity contribution is 5.38. The van der Waals surface area contributed by atoms with Gasteiger partial charge in [-0.15, -0.1) is 0 Å². The smallest absolute Gasteiger partial charge is 0.0434 e. The summed E-state index contributed by atoms with van der Waals surface area (Å²) in [5, 5.41) is 7.31. The van der Waals surface area contributed by atoms with Crippen LogP contribution in [0.1, 0.15) is 36.8 Å². The monoisotopic (exact) mass is 330 g/mol. The second-order valence-corrected chi connectivity index (χ2v) is 7.58. The molecule has 0 aliphatic carbocycles. The highest BCUT2D eigenvalue weighted by atomic mass is 15.0. The van der Waals surface area contributed by atoms with E-state index in [1.807, 2.05) is 0 Å². The minimum Gasteiger partial charge on any atom is -0.387 e. The van der Waals surface area contributed by atoms with Crippen molar-refractivity contribution < 1.29 is 0 Å². The number of benzene rings is 2. The molecule has 0 fully saturated rings. The average molecular weight is 330 g/mol. The molecular weight excluding hydrogens is 304 g/mol. The van der Waals surface area contributed by atoms with E-state index in [4.69, 9.17) is 0 Å². The zero-order chi connectivity index (χ0) is 17.3. The van der Waals surface area contributed by atoms with Gasteiger partial charge in [-0.1, -0.05) is 72.8 Å². The maximum atomic E-state index is 3.66. The lowest BCUT2D eigenvalue weighted by atomic mass is 9.84. The van der Waals surface area contributed by atoms with E-state index in [1.54, 1.807) is 0 Å². The molecule has 0 bridgehead atoms. The van der Waals surface area contributed by atoms with Crippen LogP contribution in [0.4, 0.5) is 0 Å². The normalized spacial score (nSPS) is 22.8. The van der Waals surface area contributed by atoms with Crippen LogP contribution in [0.3, 0.4) is 0 Å². The maximum absolute atomic E-state index is 3.66. The van der Waals surface area contributed by atoms with E-state index < -0.39 is 0 Å². The average Bonchev–Trinajstić information content (AvgIpc) is 3.34. The number of rotatable bonds is 4. The third-order valence-corrected chi connectivity index (χ3v) is 5.56. The molecule has 0 aromatic heterocycles. The van der Waals surface area contributed by atoms with E-state index in [0.717, 1.165) is 13.1 Å². The van der Waals surface area contributed by atoms with E-state index in [9.17, 15) is 0 Å². The Balaban J connectivity index is 1.56. The van der Waals surface area contributed by atoms with Gasteiger partial charge >= 0.3 is 0 Å². The summed E-state index contributed by atoms with van der Waals surface area (Å²) in [6, 6.07) is 21.5. The Kier molecular flexibility index (Phi) is 4.12. The molecule has 128 valence electrons. The second-order valence-electron chi connectivity index (χ2n) is 7.58. The molecule has 0 radical (unpaired) electrons. The van der Waals surface area contributed by atoms with Crippen LogP contribution in [0.5, 0.6) is 0 Å². The zero-order valence-electron chi connectivity index (χ0n) is 15.0. The summed E-state index contributed by atoms with van der Waals surface area (Å²) in [5.41, 5.74) is 5.41. The van der Waals surface area contributed by atoms with Gasteiger partial charge in [0.1, 0.15) is 0 Å². The van der Waals surface area contributed by atoms with Crippen LogP contribution in [0, 0.1) is 5.41 Å². The topological polar surface area (TPSA) is 24.1 Å². The molecule has 25 heavy (non-hydrogen) atoms. The largest absolute Gasteiger partial charge is 0.387 e. The standard InChI is InChI=1S/C23H26N2/c1-23(2,21-13-19(15-24-21)17-9-5-3-6-10-17)22-14-20(16-25-22)18-11-7-4-8-12-18/h3-14,19-20,24-25H,15-16H2,1-2H3/t19-,20-/m1/s1. The summed E-state index contributed by atoms with van der Waals surface area (Å²) in [5.74, 6) is 0.921. The SMILES string of the molecule is CC(C)(C1=C[C@@H](c2ccccc2)CN1)C1=C[C@@H](c2ccccc2)CN1. The number of hydrogen-bond acceptors (Lipinski definition) is 2. The van der Waals surface area contributed by atoms with Crippen molar-refractivity contribution in [1.29, 1.82) is 0 Å². The Labute approximate surface area is 150 Å².